The van der Waals surface area contributed by atoms with Gasteiger partial charge in [-0.2, -0.15) is 5.10 Å². The van der Waals surface area contributed by atoms with Crippen molar-refractivity contribution in [3.8, 4) is 0 Å². The van der Waals surface area contributed by atoms with Crippen LogP contribution in [0.5, 0.6) is 0 Å². The van der Waals surface area contributed by atoms with Gasteiger partial charge in [0.15, 0.2) is 0 Å². The van der Waals surface area contributed by atoms with Crippen LogP contribution in [0.15, 0.2) is 28.5 Å². The molecule has 5 nitrogen and oxygen atoms in total. The van der Waals surface area contributed by atoms with E-state index in [-0.39, 0.29) is 18.0 Å². The Bertz CT molecular complexity index is 357. The third-order valence-corrected chi connectivity index (χ3v) is 2.62. The molecule has 1 N–H and O–H groups in total. The minimum absolute atomic E-state index is 0. The van der Waals surface area contributed by atoms with Gasteiger partial charge in [-0.15, -0.1) is 0 Å². The Morgan fingerprint density at radius 3 is 2.59 bits per heavy atom. The number of allylic oxidation sites excluding steroid dienone is 4. The first kappa shape index (κ1) is 15.3. The zero-order valence-corrected chi connectivity index (χ0v) is 9.69. The molecule has 0 radical (unpaired) electrons. The zero-order chi connectivity index (χ0) is 12.0. The van der Waals surface area contributed by atoms with E-state index in [0.29, 0.717) is 12.8 Å². The molecular formula is C12H21N3O2. The molecule has 0 aromatic heterocycles. The fraction of sp³-hybridized carbons (Fsp3) is 0.583. The smallest absolute Gasteiger partial charge is 0.242 e. The zero-order valence-electron chi connectivity index (χ0n) is 9.69. The standard InChI is InChI=1S/C11H17N3O2.CH4/c1-3-9(11-7-8-12-13-11)5-6-10(4-2)14(15)16;/h3-4,12H,5-8H2,1-2H3;1H4/b9-3+,10-4+;. The number of rotatable bonds is 5. The van der Waals surface area contributed by atoms with Crippen LogP contribution in [0.25, 0.3) is 0 Å². The average molecular weight is 239 g/mol. The average Bonchev–Trinajstić information content (AvgIpc) is 2.77. The number of nitro groups is 1. The molecule has 1 rings (SSSR count). The first-order chi connectivity index (χ1) is 7.69. The highest BCUT2D eigenvalue weighted by Crippen LogP contribution is 2.16. The van der Waals surface area contributed by atoms with Gasteiger partial charge >= 0.3 is 0 Å². The Labute approximate surface area is 102 Å². The van der Waals surface area contributed by atoms with Crippen molar-refractivity contribution in [2.45, 2.75) is 40.5 Å². The maximum atomic E-state index is 10.6. The van der Waals surface area contributed by atoms with E-state index in [0.717, 1.165) is 24.3 Å². The van der Waals surface area contributed by atoms with E-state index < -0.39 is 0 Å². The van der Waals surface area contributed by atoms with Crippen molar-refractivity contribution >= 4 is 5.71 Å². The van der Waals surface area contributed by atoms with Crippen LogP contribution in [0.4, 0.5) is 0 Å². The number of hydrogen-bond acceptors (Lipinski definition) is 4. The molecule has 5 heteroatoms. The summed E-state index contributed by atoms with van der Waals surface area (Å²) in [5.74, 6) is 0. The molecule has 1 heterocycles. The number of nitrogens with one attached hydrogen (secondary N) is 1. The topological polar surface area (TPSA) is 67.5 Å². The summed E-state index contributed by atoms with van der Waals surface area (Å²) in [5.41, 5.74) is 5.31. The van der Waals surface area contributed by atoms with Crippen LogP contribution in [-0.4, -0.2) is 17.2 Å². The third-order valence-electron chi connectivity index (χ3n) is 2.62. The summed E-state index contributed by atoms with van der Waals surface area (Å²) < 4.78 is 0. The molecule has 0 aliphatic carbocycles. The fourth-order valence-electron chi connectivity index (χ4n) is 1.67. The lowest BCUT2D eigenvalue weighted by atomic mass is 10.0. The molecule has 0 aromatic carbocycles. The summed E-state index contributed by atoms with van der Waals surface area (Å²) >= 11 is 0. The minimum Gasteiger partial charge on any atom is -0.309 e. The molecule has 0 aromatic rings. The highest BCUT2D eigenvalue weighted by atomic mass is 16.6. The first-order valence-corrected chi connectivity index (χ1v) is 5.43. The Hall–Kier alpha value is -1.65. The number of hydrazone groups is 1. The number of nitrogens with zero attached hydrogens (tertiary/aromatic N) is 2. The van der Waals surface area contributed by atoms with Crippen LogP contribution in [0.2, 0.25) is 0 Å². The van der Waals surface area contributed by atoms with Gasteiger partial charge in [0.05, 0.1) is 10.6 Å². The van der Waals surface area contributed by atoms with Crippen LogP contribution in [0.3, 0.4) is 0 Å². The Morgan fingerprint density at radius 2 is 2.18 bits per heavy atom. The molecule has 0 amide bonds. The van der Waals surface area contributed by atoms with Gasteiger partial charge in [-0.3, -0.25) is 10.1 Å². The van der Waals surface area contributed by atoms with Gasteiger partial charge in [0.2, 0.25) is 5.70 Å². The molecule has 17 heavy (non-hydrogen) atoms. The second kappa shape index (κ2) is 7.60. The third kappa shape index (κ3) is 4.38. The highest BCUT2D eigenvalue weighted by molar-refractivity contribution is 6.00. The monoisotopic (exact) mass is 239 g/mol. The first-order valence-electron chi connectivity index (χ1n) is 5.43. The molecular weight excluding hydrogens is 218 g/mol. The Morgan fingerprint density at radius 1 is 1.47 bits per heavy atom. The van der Waals surface area contributed by atoms with Crippen LogP contribution in [-0.2, 0) is 0 Å². The lowest BCUT2D eigenvalue weighted by Crippen LogP contribution is -2.04. The minimum atomic E-state index is -0.317. The molecule has 0 saturated carbocycles. The molecule has 0 bridgehead atoms. The van der Waals surface area contributed by atoms with E-state index in [1.165, 1.54) is 0 Å². The van der Waals surface area contributed by atoms with Gasteiger partial charge in [-0.1, -0.05) is 13.5 Å². The molecule has 0 fully saturated rings. The van der Waals surface area contributed by atoms with Crippen LogP contribution in [0, 0.1) is 10.1 Å². The molecule has 1 aliphatic heterocycles. The van der Waals surface area contributed by atoms with Gasteiger partial charge in [0.1, 0.15) is 0 Å². The van der Waals surface area contributed by atoms with Crippen molar-refractivity contribution in [3.63, 3.8) is 0 Å². The number of hydrogen-bond donors (Lipinski definition) is 1. The quantitative estimate of drug-likeness (QED) is 0.592. The fourth-order valence-corrected chi connectivity index (χ4v) is 1.67. The predicted octanol–water partition coefficient (Wildman–Crippen LogP) is 2.88. The van der Waals surface area contributed by atoms with E-state index in [4.69, 9.17) is 0 Å². The van der Waals surface area contributed by atoms with Crippen LogP contribution in [0.1, 0.15) is 40.5 Å². The summed E-state index contributed by atoms with van der Waals surface area (Å²) in [6.07, 6.45) is 5.59. The van der Waals surface area contributed by atoms with E-state index in [9.17, 15) is 10.1 Å². The molecule has 0 atom stereocenters. The molecule has 96 valence electrons. The lowest BCUT2D eigenvalue weighted by Gasteiger charge is -2.04. The van der Waals surface area contributed by atoms with Gasteiger partial charge < -0.3 is 5.43 Å². The lowest BCUT2D eigenvalue weighted by molar-refractivity contribution is -0.428. The molecule has 0 unspecified atom stereocenters. The second-order valence-corrected chi connectivity index (χ2v) is 3.57. The van der Waals surface area contributed by atoms with Gasteiger partial charge in [0, 0.05) is 19.4 Å². The van der Waals surface area contributed by atoms with E-state index in [1.807, 2.05) is 13.0 Å². The second-order valence-electron chi connectivity index (χ2n) is 3.57. The van der Waals surface area contributed by atoms with Crippen LogP contribution < -0.4 is 5.43 Å². The van der Waals surface area contributed by atoms with Gasteiger partial charge in [0.25, 0.3) is 0 Å². The molecule has 1 aliphatic rings. The maximum Gasteiger partial charge on any atom is 0.242 e. The van der Waals surface area contributed by atoms with E-state index in [1.54, 1.807) is 13.0 Å². The highest BCUT2D eigenvalue weighted by Gasteiger charge is 2.14. The van der Waals surface area contributed by atoms with Crippen molar-refractivity contribution in [3.05, 3.63) is 33.5 Å². The van der Waals surface area contributed by atoms with Gasteiger partial charge in [-0.05, 0) is 31.9 Å². The maximum absolute atomic E-state index is 10.6. The Kier molecular flexibility index (Phi) is 6.86. The normalized spacial score (nSPS) is 16.0. The van der Waals surface area contributed by atoms with E-state index in [2.05, 4.69) is 10.5 Å². The SMILES string of the molecule is C.C/C=C(\CC/C(=C\C)[N+](=O)[O-])C1=NNCC1. The summed E-state index contributed by atoms with van der Waals surface area (Å²) in [6, 6.07) is 0. The van der Waals surface area contributed by atoms with Crippen molar-refractivity contribution < 1.29 is 4.92 Å². The largest absolute Gasteiger partial charge is 0.309 e. The van der Waals surface area contributed by atoms with E-state index >= 15 is 0 Å². The summed E-state index contributed by atoms with van der Waals surface area (Å²) in [7, 11) is 0. The van der Waals surface area contributed by atoms with Crippen molar-refractivity contribution in [1.29, 1.82) is 0 Å². The molecule has 0 spiro atoms. The summed E-state index contributed by atoms with van der Waals surface area (Å²) in [6.45, 7) is 4.50. The summed E-state index contributed by atoms with van der Waals surface area (Å²) in [5, 5.41) is 14.8. The van der Waals surface area contributed by atoms with Crippen molar-refractivity contribution in [2.75, 3.05) is 6.54 Å². The van der Waals surface area contributed by atoms with Gasteiger partial charge in [-0.25, -0.2) is 0 Å². The van der Waals surface area contributed by atoms with Crippen LogP contribution >= 0.6 is 0 Å². The van der Waals surface area contributed by atoms with Crippen molar-refractivity contribution in [2.24, 2.45) is 5.10 Å². The predicted molar refractivity (Wildman–Crippen MR) is 70.5 cm³/mol. The molecule has 0 saturated heterocycles. The summed E-state index contributed by atoms with van der Waals surface area (Å²) in [4.78, 5) is 10.3. The van der Waals surface area contributed by atoms with Crippen molar-refractivity contribution in [1.82, 2.24) is 5.43 Å². The Balaban J connectivity index is 0.00000256.